The number of nitro groups is 1. The van der Waals surface area contributed by atoms with Gasteiger partial charge in [0, 0.05) is 33.6 Å². The maximum Gasteiger partial charge on any atom is 0.308 e. The molecule has 4 aromatic rings. The maximum atomic E-state index is 13.9. The van der Waals surface area contributed by atoms with Gasteiger partial charge in [0.25, 0.3) is 5.69 Å². The highest BCUT2D eigenvalue weighted by molar-refractivity contribution is 8.00. The minimum atomic E-state index is -0.866. The fourth-order valence-corrected chi connectivity index (χ4v) is 8.03. The zero-order valence-electron chi connectivity index (χ0n) is 20.9. The van der Waals surface area contributed by atoms with Crippen molar-refractivity contribution in [2.45, 2.75) is 22.7 Å². The molecule has 13 heteroatoms. The minimum absolute atomic E-state index is 0.162. The van der Waals surface area contributed by atoms with Crippen LogP contribution in [0.5, 0.6) is 0 Å². The lowest BCUT2D eigenvalue weighted by molar-refractivity contribution is -0.384. The predicted octanol–water partition coefficient (Wildman–Crippen LogP) is 4.91. The van der Waals surface area contributed by atoms with Gasteiger partial charge in [-0.05, 0) is 42.0 Å². The number of nitro benzene ring substituents is 1. The van der Waals surface area contributed by atoms with Crippen molar-refractivity contribution in [3.8, 4) is 0 Å². The van der Waals surface area contributed by atoms with E-state index in [1.165, 1.54) is 28.8 Å². The lowest BCUT2D eigenvalue weighted by Gasteiger charge is -2.30. The van der Waals surface area contributed by atoms with Crippen molar-refractivity contribution >= 4 is 69.5 Å². The highest BCUT2D eigenvalue weighted by Crippen LogP contribution is 2.53. The number of imide groups is 1. The van der Waals surface area contributed by atoms with Crippen LogP contribution in [-0.4, -0.2) is 32.5 Å². The van der Waals surface area contributed by atoms with E-state index in [-0.39, 0.29) is 22.8 Å². The monoisotopic (exact) mass is 606 g/mol. The van der Waals surface area contributed by atoms with E-state index in [1.54, 1.807) is 24.3 Å². The SMILES string of the molecule is O=C(Cn1c2c(sc1=O)C(c1ccccc1)C1C(=O)N(c3ccc([N+](=O)[O-])cc3)C(=O)C1S2)Nc1ccc(Cl)cc1. The average Bonchev–Trinajstić information content (AvgIpc) is 3.40. The molecule has 0 radical (unpaired) electrons. The van der Waals surface area contributed by atoms with Gasteiger partial charge in [-0.1, -0.05) is 65.0 Å². The summed E-state index contributed by atoms with van der Waals surface area (Å²) in [6.45, 7) is -0.284. The smallest absolute Gasteiger partial charge is 0.308 e. The van der Waals surface area contributed by atoms with Crippen LogP contribution in [0.15, 0.2) is 88.7 Å². The molecule has 1 fully saturated rings. The molecule has 2 aliphatic rings. The van der Waals surface area contributed by atoms with Crippen molar-refractivity contribution in [3.63, 3.8) is 0 Å². The molecular weight excluding hydrogens is 588 g/mol. The van der Waals surface area contributed by atoms with Gasteiger partial charge in [0.05, 0.1) is 21.6 Å². The first-order chi connectivity index (χ1) is 19.7. The Morgan fingerprint density at radius 1 is 0.951 bits per heavy atom. The number of nitrogens with zero attached hydrogens (tertiary/aromatic N) is 3. The number of non-ortho nitro benzene ring substituents is 1. The summed E-state index contributed by atoms with van der Waals surface area (Å²) in [4.78, 5) is 65.6. The van der Waals surface area contributed by atoms with Gasteiger partial charge in [0.1, 0.15) is 11.8 Å². The summed E-state index contributed by atoms with van der Waals surface area (Å²) in [5.41, 5.74) is 1.34. The van der Waals surface area contributed by atoms with Crippen molar-refractivity contribution in [2.75, 3.05) is 10.2 Å². The second-order valence-electron chi connectivity index (χ2n) is 9.42. The highest BCUT2D eigenvalue weighted by Gasteiger charge is 2.56. The molecule has 41 heavy (non-hydrogen) atoms. The number of thioether (sulfide) groups is 1. The Bertz CT molecular complexity index is 1760. The Balaban J connectivity index is 1.38. The van der Waals surface area contributed by atoms with Crippen LogP contribution in [0.1, 0.15) is 16.4 Å². The molecule has 1 aromatic heterocycles. The van der Waals surface area contributed by atoms with Crippen LogP contribution in [-0.2, 0) is 20.9 Å². The third-order valence-electron chi connectivity index (χ3n) is 6.96. The van der Waals surface area contributed by atoms with Gasteiger partial charge in [-0.25, -0.2) is 4.90 Å². The number of amides is 3. The lowest BCUT2D eigenvalue weighted by Crippen LogP contribution is -2.33. The molecule has 2 aliphatic heterocycles. The standard InChI is InChI=1S/C28H19ClN4O6S2/c29-16-6-8-17(9-7-16)30-20(34)14-31-27-24(41-28(31)37)21(15-4-2-1-3-5-15)22-23(40-27)26(36)32(25(22)35)18-10-12-19(13-11-18)33(38)39/h1-13,21-23H,14H2,(H,30,34). The van der Waals surface area contributed by atoms with Crippen LogP contribution in [0.2, 0.25) is 5.02 Å². The van der Waals surface area contributed by atoms with E-state index in [4.69, 9.17) is 11.6 Å². The van der Waals surface area contributed by atoms with Crippen LogP contribution in [0.3, 0.4) is 0 Å². The van der Waals surface area contributed by atoms with Gasteiger partial charge in [-0.15, -0.1) is 0 Å². The topological polar surface area (TPSA) is 132 Å². The molecule has 0 aliphatic carbocycles. The molecule has 0 spiro atoms. The van der Waals surface area contributed by atoms with E-state index in [1.807, 2.05) is 30.3 Å². The second-order valence-corrected chi connectivity index (χ2v) is 12.0. The molecule has 3 atom stereocenters. The predicted molar refractivity (Wildman–Crippen MR) is 156 cm³/mol. The van der Waals surface area contributed by atoms with Crippen LogP contribution < -0.4 is 15.1 Å². The quantitative estimate of drug-likeness (QED) is 0.187. The number of anilines is 2. The van der Waals surface area contributed by atoms with Crippen LogP contribution in [0.25, 0.3) is 0 Å². The molecule has 3 heterocycles. The molecular formula is C28H19ClN4O6S2. The number of hydrogen-bond donors (Lipinski definition) is 1. The summed E-state index contributed by atoms with van der Waals surface area (Å²) in [7, 11) is 0. The molecule has 3 aromatic carbocycles. The second kappa shape index (κ2) is 10.6. The Hall–Kier alpha value is -4.26. The van der Waals surface area contributed by atoms with E-state index in [9.17, 15) is 29.3 Å². The van der Waals surface area contributed by atoms with Gasteiger partial charge < -0.3 is 5.32 Å². The Kier molecular flexibility index (Phi) is 6.98. The molecule has 3 unspecified atom stereocenters. The number of fused-ring (bicyclic) bond motifs is 2. The molecule has 206 valence electrons. The number of aromatic nitrogens is 1. The zero-order chi connectivity index (χ0) is 28.8. The first-order valence-corrected chi connectivity index (χ1v) is 14.4. The summed E-state index contributed by atoms with van der Waals surface area (Å²) in [6, 6.07) is 21.0. The molecule has 3 amide bonds. The third-order valence-corrected chi connectivity index (χ3v) is 9.81. The van der Waals surface area contributed by atoms with Gasteiger partial charge in [0.2, 0.25) is 17.7 Å². The number of carbonyl (C=O) groups excluding carboxylic acids is 3. The summed E-state index contributed by atoms with van der Waals surface area (Å²) < 4.78 is 1.34. The first-order valence-electron chi connectivity index (χ1n) is 12.4. The van der Waals surface area contributed by atoms with Crippen LogP contribution in [0.4, 0.5) is 17.1 Å². The van der Waals surface area contributed by atoms with E-state index >= 15 is 0 Å². The van der Waals surface area contributed by atoms with Gasteiger partial charge >= 0.3 is 4.87 Å². The van der Waals surface area contributed by atoms with Crippen LogP contribution >= 0.6 is 34.7 Å². The number of hydrogen-bond acceptors (Lipinski definition) is 8. The summed E-state index contributed by atoms with van der Waals surface area (Å²) in [5, 5.41) is 14.0. The molecule has 1 saturated heterocycles. The van der Waals surface area contributed by atoms with Crippen molar-refractivity contribution in [1.82, 2.24) is 4.57 Å². The van der Waals surface area contributed by atoms with E-state index in [2.05, 4.69) is 5.32 Å². The van der Waals surface area contributed by atoms with Crippen molar-refractivity contribution < 1.29 is 19.3 Å². The fraction of sp³-hybridized carbons (Fsp3) is 0.143. The van der Waals surface area contributed by atoms with Crippen molar-refractivity contribution in [1.29, 1.82) is 0 Å². The van der Waals surface area contributed by atoms with E-state index < -0.39 is 39.7 Å². The summed E-state index contributed by atoms with van der Waals surface area (Å²) in [6.07, 6.45) is 0. The average molecular weight is 607 g/mol. The Morgan fingerprint density at radius 2 is 1.63 bits per heavy atom. The first kappa shape index (κ1) is 26.9. The molecule has 0 saturated carbocycles. The lowest BCUT2D eigenvalue weighted by atomic mass is 9.83. The highest BCUT2D eigenvalue weighted by atomic mass is 35.5. The van der Waals surface area contributed by atoms with Crippen LogP contribution in [0, 0.1) is 16.0 Å². The molecule has 1 N–H and O–H groups in total. The summed E-state index contributed by atoms with van der Waals surface area (Å²) in [5.74, 6) is -2.78. The van der Waals surface area contributed by atoms with Crippen molar-refractivity contribution in [3.05, 3.63) is 114 Å². The van der Waals surface area contributed by atoms with Crippen molar-refractivity contribution in [2.24, 2.45) is 5.92 Å². The molecule has 6 rings (SSSR count). The van der Waals surface area contributed by atoms with Gasteiger partial charge in [-0.2, -0.15) is 0 Å². The zero-order valence-corrected chi connectivity index (χ0v) is 23.3. The maximum absolute atomic E-state index is 13.9. The number of carbonyl (C=O) groups is 3. The molecule has 0 bridgehead atoms. The fourth-order valence-electron chi connectivity index (χ4n) is 5.13. The summed E-state index contributed by atoms with van der Waals surface area (Å²) >= 11 is 7.98. The Labute approximate surface area is 245 Å². The number of thiazole rings is 1. The van der Waals surface area contributed by atoms with Gasteiger partial charge in [0.15, 0.2) is 0 Å². The molecule has 10 nitrogen and oxygen atoms in total. The normalized spacial score (nSPS) is 19.5. The largest absolute Gasteiger partial charge is 0.325 e. The Morgan fingerprint density at radius 3 is 2.29 bits per heavy atom. The number of nitrogens with one attached hydrogen (secondary N) is 1. The number of rotatable bonds is 6. The number of halogens is 1. The minimum Gasteiger partial charge on any atom is -0.325 e. The van der Waals surface area contributed by atoms with Gasteiger partial charge in [-0.3, -0.25) is 33.9 Å². The number of benzene rings is 3. The third kappa shape index (κ3) is 4.83. The van der Waals surface area contributed by atoms with E-state index in [0.29, 0.717) is 20.6 Å². The van der Waals surface area contributed by atoms with E-state index in [0.717, 1.165) is 33.6 Å².